The zero-order chi connectivity index (χ0) is 5.54. The Morgan fingerprint density at radius 2 is 1.38 bits per heavy atom. The molecule has 0 aliphatic heterocycles. The van der Waals surface area contributed by atoms with E-state index in [9.17, 15) is 0 Å². The molecular weight excluding hydrogens is 112 g/mol. The van der Waals surface area contributed by atoms with E-state index in [0.29, 0.717) is 13.2 Å². The molecular formula is C4H12O4. The summed E-state index contributed by atoms with van der Waals surface area (Å²) in [6, 6.07) is 0. The molecule has 0 fully saturated rings. The second-order valence-electron chi connectivity index (χ2n) is 1.06. The van der Waals surface area contributed by atoms with Gasteiger partial charge in [-0.05, 0) is 0 Å². The fourth-order valence-electron chi connectivity index (χ4n) is 0.231. The molecule has 0 amide bonds. The average molecular weight is 124 g/mol. The van der Waals surface area contributed by atoms with Crippen LogP contribution >= 0.6 is 0 Å². The minimum absolute atomic E-state index is 0. The van der Waals surface area contributed by atoms with Crippen molar-refractivity contribution in [2.75, 3.05) is 26.4 Å². The third-order valence-corrected chi connectivity index (χ3v) is 0.471. The first-order valence-corrected chi connectivity index (χ1v) is 2.21. The predicted molar refractivity (Wildman–Crippen MR) is 28.6 cm³/mol. The molecule has 0 atom stereocenters. The first kappa shape index (κ1) is 10.8. The van der Waals surface area contributed by atoms with Crippen LogP contribution in [0.2, 0.25) is 0 Å². The number of aliphatic hydroxyl groups excluding tert-OH is 2. The lowest BCUT2D eigenvalue weighted by Crippen LogP contribution is -2.03. The van der Waals surface area contributed by atoms with Gasteiger partial charge < -0.3 is 20.4 Å². The van der Waals surface area contributed by atoms with Crippen LogP contribution in [0.4, 0.5) is 0 Å². The molecule has 0 aromatic rings. The van der Waals surface area contributed by atoms with Gasteiger partial charge >= 0.3 is 0 Å². The maximum atomic E-state index is 8.09. The van der Waals surface area contributed by atoms with Crippen molar-refractivity contribution in [2.45, 2.75) is 0 Å². The highest BCUT2D eigenvalue weighted by atomic mass is 16.5. The van der Waals surface area contributed by atoms with Crippen molar-refractivity contribution < 1.29 is 20.4 Å². The lowest BCUT2D eigenvalue weighted by Gasteiger charge is -1.94. The number of rotatable bonds is 4. The first-order chi connectivity index (χ1) is 3.41. The zero-order valence-corrected chi connectivity index (χ0v) is 4.63. The summed E-state index contributed by atoms with van der Waals surface area (Å²) in [7, 11) is 0. The van der Waals surface area contributed by atoms with Crippen molar-refractivity contribution in [2.24, 2.45) is 0 Å². The van der Waals surface area contributed by atoms with Gasteiger partial charge in [0.25, 0.3) is 0 Å². The van der Waals surface area contributed by atoms with Crippen LogP contribution in [0.5, 0.6) is 0 Å². The van der Waals surface area contributed by atoms with Crippen molar-refractivity contribution in [1.29, 1.82) is 0 Å². The molecule has 0 radical (unpaired) electrons. The highest BCUT2D eigenvalue weighted by Gasteiger charge is 1.79. The summed E-state index contributed by atoms with van der Waals surface area (Å²) in [6.45, 7) is 0.696. The summed E-state index contributed by atoms with van der Waals surface area (Å²) in [4.78, 5) is 0. The Morgan fingerprint density at radius 1 is 1.00 bits per heavy atom. The average Bonchev–Trinajstić information content (AvgIpc) is 1.69. The molecule has 0 saturated heterocycles. The highest BCUT2D eigenvalue weighted by molar-refractivity contribution is 4.24. The lowest BCUT2D eigenvalue weighted by atomic mass is 10.7. The van der Waals surface area contributed by atoms with Gasteiger partial charge in [-0.15, -0.1) is 0 Å². The highest BCUT2D eigenvalue weighted by Crippen LogP contribution is 1.68. The molecule has 0 saturated carbocycles. The van der Waals surface area contributed by atoms with E-state index in [-0.39, 0.29) is 18.7 Å². The van der Waals surface area contributed by atoms with E-state index in [1.807, 2.05) is 0 Å². The summed E-state index contributed by atoms with van der Waals surface area (Å²) >= 11 is 0. The Hall–Kier alpha value is -0.160. The van der Waals surface area contributed by atoms with Crippen LogP contribution in [0.25, 0.3) is 0 Å². The second kappa shape index (κ2) is 9.96. The van der Waals surface area contributed by atoms with E-state index >= 15 is 0 Å². The first-order valence-electron chi connectivity index (χ1n) is 2.21. The van der Waals surface area contributed by atoms with Crippen LogP contribution in [0.1, 0.15) is 0 Å². The third-order valence-electron chi connectivity index (χ3n) is 0.471. The Bertz CT molecular complexity index is 27.2. The van der Waals surface area contributed by atoms with Crippen molar-refractivity contribution in [3.8, 4) is 0 Å². The van der Waals surface area contributed by atoms with Crippen molar-refractivity contribution in [1.82, 2.24) is 0 Å². The monoisotopic (exact) mass is 124 g/mol. The van der Waals surface area contributed by atoms with Gasteiger partial charge in [-0.1, -0.05) is 0 Å². The molecule has 4 nitrogen and oxygen atoms in total. The summed E-state index contributed by atoms with van der Waals surface area (Å²) in [5.41, 5.74) is 0. The van der Waals surface area contributed by atoms with Gasteiger partial charge in [0.05, 0.1) is 26.4 Å². The Morgan fingerprint density at radius 3 is 1.62 bits per heavy atom. The lowest BCUT2D eigenvalue weighted by molar-refractivity contribution is 0.0650. The molecule has 0 unspecified atom stereocenters. The molecule has 0 spiro atoms. The van der Waals surface area contributed by atoms with E-state index in [1.165, 1.54) is 0 Å². The van der Waals surface area contributed by atoms with Gasteiger partial charge in [0, 0.05) is 0 Å². The van der Waals surface area contributed by atoms with E-state index in [4.69, 9.17) is 10.2 Å². The van der Waals surface area contributed by atoms with Gasteiger partial charge in [0.2, 0.25) is 0 Å². The van der Waals surface area contributed by atoms with Gasteiger partial charge in [0.1, 0.15) is 0 Å². The van der Waals surface area contributed by atoms with Crippen molar-refractivity contribution >= 4 is 0 Å². The molecule has 0 aromatic heterocycles. The van der Waals surface area contributed by atoms with Crippen LogP contribution in [-0.2, 0) is 4.74 Å². The standard InChI is InChI=1S/C4H10O3.H2O/c5-1-3-7-4-2-6;/h5-6H,1-4H2;1H2. The molecule has 0 rings (SSSR count). The molecule has 0 aliphatic carbocycles. The van der Waals surface area contributed by atoms with Crippen LogP contribution in [0.15, 0.2) is 0 Å². The third kappa shape index (κ3) is 9.28. The molecule has 0 aliphatic rings. The summed E-state index contributed by atoms with van der Waals surface area (Å²) in [5.74, 6) is 0. The molecule has 0 heterocycles. The minimum atomic E-state index is 0. The minimum Gasteiger partial charge on any atom is -0.412 e. The van der Waals surface area contributed by atoms with Gasteiger partial charge in [-0.25, -0.2) is 0 Å². The number of aliphatic hydroxyl groups is 2. The van der Waals surface area contributed by atoms with Crippen LogP contribution in [0, 0.1) is 0 Å². The quantitative estimate of drug-likeness (QED) is 0.432. The molecule has 0 aromatic carbocycles. The fourth-order valence-corrected chi connectivity index (χ4v) is 0.231. The van der Waals surface area contributed by atoms with E-state index < -0.39 is 0 Å². The fraction of sp³-hybridized carbons (Fsp3) is 1.00. The Kier molecular flexibility index (Phi) is 13.4. The zero-order valence-electron chi connectivity index (χ0n) is 4.63. The predicted octanol–water partition coefficient (Wildman–Crippen LogP) is -1.84. The van der Waals surface area contributed by atoms with E-state index in [0.717, 1.165) is 0 Å². The van der Waals surface area contributed by atoms with Gasteiger partial charge in [-0.2, -0.15) is 0 Å². The Labute approximate surface area is 48.0 Å². The maximum Gasteiger partial charge on any atom is 0.0698 e. The topological polar surface area (TPSA) is 81.2 Å². The number of ether oxygens (including phenoxy) is 1. The smallest absolute Gasteiger partial charge is 0.0698 e. The number of hydrogen-bond acceptors (Lipinski definition) is 3. The SMILES string of the molecule is O.OCCOCCO. The van der Waals surface area contributed by atoms with Crippen molar-refractivity contribution in [3.63, 3.8) is 0 Å². The van der Waals surface area contributed by atoms with Gasteiger partial charge in [-0.3, -0.25) is 0 Å². The van der Waals surface area contributed by atoms with Gasteiger partial charge in [0.15, 0.2) is 0 Å². The van der Waals surface area contributed by atoms with Crippen molar-refractivity contribution in [3.05, 3.63) is 0 Å². The molecule has 52 valence electrons. The normalized spacial score (nSPS) is 8.25. The van der Waals surface area contributed by atoms with Crippen LogP contribution in [0.3, 0.4) is 0 Å². The van der Waals surface area contributed by atoms with Crippen LogP contribution < -0.4 is 0 Å². The largest absolute Gasteiger partial charge is 0.412 e. The second-order valence-corrected chi connectivity index (χ2v) is 1.06. The summed E-state index contributed by atoms with van der Waals surface area (Å²) in [5, 5.41) is 16.2. The molecule has 4 N–H and O–H groups in total. The number of hydrogen-bond donors (Lipinski definition) is 2. The molecule has 4 heteroatoms. The summed E-state index contributed by atoms with van der Waals surface area (Å²) in [6.07, 6.45) is 0. The molecule has 0 bridgehead atoms. The maximum absolute atomic E-state index is 8.09. The summed E-state index contributed by atoms with van der Waals surface area (Å²) < 4.78 is 4.63. The Balaban J connectivity index is 0. The van der Waals surface area contributed by atoms with E-state index in [1.54, 1.807) is 0 Å². The van der Waals surface area contributed by atoms with Crippen LogP contribution in [-0.4, -0.2) is 42.1 Å². The van der Waals surface area contributed by atoms with E-state index in [2.05, 4.69) is 4.74 Å². The molecule has 8 heavy (non-hydrogen) atoms.